The van der Waals surface area contributed by atoms with Crippen LogP contribution in [0.5, 0.6) is 0 Å². The maximum atomic E-state index is 2.32. The maximum absolute atomic E-state index is 2.32. The summed E-state index contributed by atoms with van der Waals surface area (Å²) in [5.74, 6) is 0. The molecule has 0 nitrogen and oxygen atoms in total. The van der Waals surface area contributed by atoms with Crippen molar-refractivity contribution in [3.8, 4) is 33.4 Å². The molecule has 0 saturated carbocycles. The first-order valence-electron chi connectivity index (χ1n) is 23.0. The Morgan fingerprint density at radius 1 is 0.286 bits per heavy atom. The van der Waals surface area contributed by atoms with Gasteiger partial charge in [-0.3, -0.25) is 0 Å². The van der Waals surface area contributed by atoms with Crippen LogP contribution in [-0.2, 0) is 16.2 Å². The summed E-state index contributed by atoms with van der Waals surface area (Å²) >= 11 is 0. The smallest absolute Gasteiger partial charge is 0.0656 e. The van der Waals surface area contributed by atoms with Gasteiger partial charge in [0.15, 0.2) is 0 Å². The van der Waals surface area contributed by atoms with Crippen LogP contribution in [0.15, 0.2) is 176 Å². The van der Waals surface area contributed by atoms with E-state index in [9.17, 15) is 0 Å². The van der Waals surface area contributed by atoms with E-state index in [2.05, 4.69) is 252 Å². The molecule has 0 radical (unpaired) electrons. The fourth-order valence-corrected chi connectivity index (χ4v) is 10.5. The number of fused-ring (bicyclic) bond motifs is 9. The molecule has 0 heteroatoms. The lowest BCUT2D eigenvalue weighted by Crippen LogP contribution is -2.28. The van der Waals surface area contributed by atoms with Gasteiger partial charge in [-0.1, -0.05) is 252 Å². The molecule has 0 amide bonds. The van der Waals surface area contributed by atoms with Gasteiger partial charge in [-0.25, -0.2) is 0 Å². The Kier molecular flexibility index (Phi) is 11.8. The predicted octanol–water partition coefficient (Wildman–Crippen LogP) is 17.0. The summed E-state index contributed by atoms with van der Waals surface area (Å²) in [7, 11) is 0. The van der Waals surface area contributed by atoms with Gasteiger partial charge < -0.3 is 0 Å². The number of aryl methyl sites for hydroxylation is 5. The van der Waals surface area contributed by atoms with Crippen molar-refractivity contribution in [1.82, 2.24) is 0 Å². The van der Waals surface area contributed by atoms with Gasteiger partial charge in [-0.05, 0) is 113 Å². The Labute approximate surface area is 378 Å². The third-order valence-corrected chi connectivity index (χ3v) is 13.6. The van der Waals surface area contributed by atoms with E-state index >= 15 is 0 Å². The highest BCUT2D eigenvalue weighted by molar-refractivity contribution is 5.86. The van der Waals surface area contributed by atoms with Crippen LogP contribution < -0.4 is 0 Å². The summed E-state index contributed by atoms with van der Waals surface area (Å²) in [6.07, 6.45) is 1.25. The molecule has 3 aliphatic carbocycles. The summed E-state index contributed by atoms with van der Waals surface area (Å²) in [4.78, 5) is 0. The van der Waals surface area contributed by atoms with Crippen molar-refractivity contribution in [2.75, 3.05) is 0 Å². The lowest BCUT2D eigenvalue weighted by Gasteiger charge is -2.33. The molecule has 0 atom stereocenters. The van der Waals surface area contributed by atoms with E-state index in [1.165, 1.54) is 112 Å². The Balaban J connectivity index is 0.000000130. The molecule has 3 aliphatic rings. The third-order valence-electron chi connectivity index (χ3n) is 13.6. The Morgan fingerprint density at radius 2 is 0.571 bits per heavy atom. The van der Waals surface area contributed by atoms with E-state index in [0.29, 0.717) is 0 Å². The van der Waals surface area contributed by atoms with Crippen molar-refractivity contribution in [3.63, 3.8) is 0 Å². The Hall–Kier alpha value is -6.24. The largest absolute Gasteiger partial charge is 0.0713 e. The average molecular weight is 821 g/mol. The first-order chi connectivity index (χ1) is 30.2. The molecule has 0 saturated heterocycles. The van der Waals surface area contributed by atoms with E-state index in [-0.39, 0.29) is 16.2 Å². The Bertz CT molecular complexity index is 2650. The average Bonchev–Trinajstić information content (AvgIpc) is 3.78. The second-order valence-electron chi connectivity index (χ2n) is 19.2. The van der Waals surface area contributed by atoms with Gasteiger partial charge in [-0.15, -0.1) is 0 Å². The van der Waals surface area contributed by atoms with Crippen molar-refractivity contribution < 1.29 is 0 Å². The van der Waals surface area contributed by atoms with Crippen molar-refractivity contribution in [3.05, 3.63) is 248 Å². The second-order valence-corrected chi connectivity index (χ2v) is 19.2. The zero-order valence-corrected chi connectivity index (χ0v) is 39.5. The summed E-state index contributed by atoms with van der Waals surface area (Å²) in [6.45, 7) is 24.4. The van der Waals surface area contributed by atoms with Gasteiger partial charge in [-0.2, -0.15) is 0 Å². The summed E-state index contributed by atoms with van der Waals surface area (Å²) in [5, 5.41) is 0. The SMILES string of the molecule is CCC.Cc1ccc(C2(c3ccccc3)c3ccccc3-c3ccccc32)cc1.Cc1ccc2c(c1)-c1cc(C)ccc1C2(C)C.Cc1ccc2c(c1)-c1cc(C)ccc1C2(C)C. The van der Waals surface area contributed by atoms with Crippen molar-refractivity contribution in [1.29, 1.82) is 0 Å². The standard InChI is InChI=1S/C26H20.2C17H18.C3H8/c1-19-15-17-21(18-16-19)26(20-9-3-2-4-10-20)24-13-7-5-11-22(24)23-12-6-8-14-25(23)26;2*1-11-5-7-15-13(9-11)14-10-12(2)6-8-16(14)17(15,3)4;1-3-2/h2-18H,1H3;2*5-10H,1-4H3;3H2,1-2H3. The molecule has 0 unspecified atom stereocenters. The number of benzene rings is 8. The third kappa shape index (κ3) is 7.59. The van der Waals surface area contributed by atoms with E-state index in [1.807, 2.05) is 0 Å². The van der Waals surface area contributed by atoms with Crippen LogP contribution >= 0.6 is 0 Å². The van der Waals surface area contributed by atoms with E-state index in [0.717, 1.165) is 0 Å². The minimum atomic E-state index is -0.262. The molecule has 8 aromatic carbocycles. The van der Waals surface area contributed by atoms with Crippen LogP contribution in [0.25, 0.3) is 33.4 Å². The number of hydrogen-bond acceptors (Lipinski definition) is 0. The monoisotopic (exact) mass is 821 g/mol. The summed E-state index contributed by atoms with van der Waals surface area (Å²) in [5.41, 5.74) is 26.3. The van der Waals surface area contributed by atoms with Crippen LogP contribution in [0.4, 0.5) is 0 Å². The van der Waals surface area contributed by atoms with Gasteiger partial charge in [0.1, 0.15) is 0 Å². The van der Waals surface area contributed by atoms with Gasteiger partial charge in [0.2, 0.25) is 0 Å². The minimum Gasteiger partial charge on any atom is -0.0656 e. The molecule has 0 fully saturated rings. The van der Waals surface area contributed by atoms with Gasteiger partial charge >= 0.3 is 0 Å². The Morgan fingerprint density at radius 3 is 0.921 bits per heavy atom. The highest BCUT2D eigenvalue weighted by atomic mass is 14.5. The van der Waals surface area contributed by atoms with Crippen LogP contribution in [0, 0.1) is 34.6 Å². The fraction of sp³-hybridized carbons (Fsp3) is 0.238. The summed E-state index contributed by atoms with van der Waals surface area (Å²) in [6, 6.07) is 65.0. The first kappa shape index (κ1) is 43.4. The summed E-state index contributed by atoms with van der Waals surface area (Å²) < 4.78 is 0. The zero-order chi connectivity index (χ0) is 44.7. The molecule has 11 rings (SSSR count). The molecule has 0 bridgehead atoms. The first-order valence-corrected chi connectivity index (χ1v) is 23.0. The highest BCUT2D eigenvalue weighted by Gasteiger charge is 2.45. The van der Waals surface area contributed by atoms with Crippen LogP contribution in [0.2, 0.25) is 0 Å². The fourth-order valence-electron chi connectivity index (χ4n) is 10.5. The molecule has 0 N–H and O–H groups in total. The van der Waals surface area contributed by atoms with Gasteiger partial charge in [0.05, 0.1) is 5.41 Å². The normalized spacial score (nSPS) is 14.4. The zero-order valence-electron chi connectivity index (χ0n) is 39.5. The molecule has 0 aliphatic heterocycles. The molecular formula is C63H64. The molecule has 0 aromatic heterocycles. The van der Waals surface area contributed by atoms with E-state index in [4.69, 9.17) is 0 Å². The quantitative estimate of drug-likeness (QED) is 0.163. The predicted molar refractivity (Wildman–Crippen MR) is 271 cm³/mol. The van der Waals surface area contributed by atoms with Crippen molar-refractivity contribution in [2.24, 2.45) is 0 Å². The van der Waals surface area contributed by atoms with Crippen LogP contribution in [-0.4, -0.2) is 0 Å². The van der Waals surface area contributed by atoms with E-state index in [1.54, 1.807) is 0 Å². The van der Waals surface area contributed by atoms with Crippen LogP contribution in [0.3, 0.4) is 0 Å². The minimum absolute atomic E-state index is 0.145. The molecular weight excluding hydrogens is 757 g/mol. The van der Waals surface area contributed by atoms with Crippen LogP contribution in [0.1, 0.15) is 120 Å². The lowest BCUT2D eigenvalue weighted by molar-refractivity contribution is 0.660. The van der Waals surface area contributed by atoms with E-state index < -0.39 is 0 Å². The number of hydrogen-bond donors (Lipinski definition) is 0. The van der Waals surface area contributed by atoms with Gasteiger partial charge in [0.25, 0.3) is 0 Å². The molecule has 0 spiro atoms. The lowest BCUT2D eigenvalue weighted by atomic mass is 9.67. The molecule has 316 valence electrons. The molecule has 8 aromatic rings. The second kappa shape index (κ2) is 17.1. The topological polar surface area (TPSA) is 0 Å². The number of rotatable bonds is 2. The van der Waals surface area contributed by atoms with Gasteiger partial charge in [0, 0.05) is 10.8 Å². The van der Waals surface area contributed by atoms with Crippen molar-refractivity contribution in [2.45, 2.75) is 98.8 Å². The molecule has 0 heterocycles. The van der Waals surface area contributed by atoms with Crippen molar-refractivity contribution >= 4 is 0 Å². The maximum Gasteiger partial charge on any atom is 0.0713 e. The molecule has 63 heavy (non-hydrogen) atoms. The highest BCUT2D eigenvalue weighted by Crippen LogP contribution is 2.56.